The summed E-state index contributed by atoms with van der Waals surface area (Å²) in [6.45, 7) is 8.76. The van der Waals surface area contributed by atoms with Crippen LogP contribution < -0.4 is 24.4 Å². The number of fused-ring (bicyclic) bond motifs is 1. The zero-order chi connectivity index (χ0) is 22.8. The second kappa shape index (κ2) is 8.88. The zero-order valence-electron chi connectivity index (χ0n) is 18.9. The molecule has 1 aliphatic heterocycles. The maximum absolute atomic E-state index is 13.1. The van der Waals surface area contributed by atoms with Crippen LogP contribution in [0.3, 0.4) is 0 Å². The van der Waals surface area contributed by atoms with Gasteiger partial charge in [0.25, 0.3) is 5.91 Å². The molecule has 3 rings (SSSR count). The topological polar surface area (TPSA) is 77.1 Å². The van der Waals surface area contributed by atoms with E-state index in [-0.39, 0.29) is 18.4 Å². The molecule has 0 bridgehead atoms. The number of hydrogen-bond acceptors (Lipinski definition) is 5. The maximum Gasteiger partial charge on any atom is 0.255 e. The van der Waals surface area contributed by atoms with Crippen LogP contribution in [0.4, 0.5) is 11.4 Å². The quantitative estimate of drug-likeness (QED) is 0.743. The number of nitrogens with zero attached hydrogens (tertiary/aromatic N) is 1. The van der Waals surface area contributed by atoms with Gasteiger partial charge in [0.1, 0.15) is 23.9 Å². The molecule has 7 heteroatoms. The Morgan fingerprint density at radius 3 is 2.35 bits per heavy atom. The second-order valence-corrected chi connectivity index (χ2v) is 8.72. The third-order valence-corrected chi connectivity index (χ3v) is 5.08. The van der Waals surface area contributed by atoms with E-state index in [0.717, 1.165) is 0 Å². The average Bonchev–Trinajstić information content (AvgIpc) is 2.83. The minimum atomic E-state index is -0.644. The van der Waals surface area contributed by atoms with Crippen LogP contribution in [-0.4, -0.2) is 39.2 Å². The van der Waals surface area contributed by atoms with Crippen LogP contribution in [0.15, 0.2) is 36.4 Å². The molecule has 2 amide bonds. The molecule has 2 aromatic carbocycles. The Balaban J connectivity index is 1.90. The summed E-state index contributed by atoms with van der Waals surface area (Å²) >= 11 is 0. The smallest absolute Gasteiger partial charge is 0.255 e. The van der Waals surface area contributed by atoms with E-state index in [9.17, 15) is 9.59 Å². The highest BCUT2D eigenvalue weighted by atomic mass is 16.5. The molecule has 7 nitrogen and oxygen atoms in total. The van der Waals surface area contributed by atoms with E-state index in [0.29, 0.717) is 46.6 Å². The summed E-state index contributed by atoms with van der Waals surface area (Å²) in [5, 5.41) is 2.89. The number of nitrogens with one attached hydrogen (secondary N) is 1. The number of amides is 2. The fourth-order valence-corrected chi connectivity index (χ4v) is 3.41. The third-order valence-electron chi connectivity index (χ3n) is 5.08. The Kier molecular flexibility index (Phi) is 6.43. The summed E-state index contributed by atoms with van der Waals surface area (Å²) in [5.74, 6) is 1.65. The van der Waals surface area contributed by atoms with Gasteiger partial charge in [-0.25, -0.2) is 0 Å². The van der Waals surface area contributed by atoms with Gasteiger partial charge in [-0.15, -0.1) is 0 Å². The van der Waals surface area contributed by atoms with E-state index in [4.69, 9.17) is 14.2 Å². The van der Waals surface area contributed by atoms with Crippen molar-refractivity contribution in [3.05, 3.63) is 42.0 Å². The first kappa shape index (κ1) is 22.5. The van der Waals surface area contributed by atoms with Crippen molar-refractivity contribution in [2.75, 3.05) is 37.6 Å². The molecule has 0 fully saturated rings. The highest BCUT2D eigenvalue weighted by molar-refractivity contribution is 6.05. The van der Waals surface area contributed by atoms with Gasteiger partial charge in [0.05, 0.1) is 25.3 Å². The number of rotatable bonds is 6. The number of benzene rings is 2. The Bertz CT molecular complexity index is 962. The second-order valence-electron chi connectivity index (χ2n) is 8.72. The summed E-state index contributed by atoms with van der Waals surface area (Å²) in [6, 6.07) is 10.3. The van der Waals surface area contributed by atoms with Crippen LogP contribution in [0.25, 0.3) is 0 Å². The van der Waals surface area contributed by atoms with E-state index in [1.165, 1.54) is 14.2 Å². The van der Waals surface area contributed by atoms with E-state index in [1.807, 2.05) is 19.9 Å². The van der Waals surface area contributed by atoms with Crippen LogP contribution in [0.2, 0.25) is 0 Å². The van der Waals surface area contributed by atoms with Gasteiger partial charge in [0.15, 0.2) is 0 Å². The third kappa shape index (κ3) is 4.93. The molecular weight excluding hydrogens is 396 g/mol. The Hall–Kier alpha value is -3.22. The van der Waals surface area contributed by atoms with E-state index in [2.05, 4.69) is 19.2 Å². The lowest BCUT2D eigenvalue weighted by molar-refractivity contribution is -0.127. The van der Waals surface area contributed by atoms with Crippen molar-refractivity contribution in [1.29, 1.82) is 0 Å². The highest BCUT2D eigenvalue weighted by Gasteiger charge is 2.38. The molecule has 2 aromatic rings. The fourth-order valence-electron chi connectivity index (χ4n) is 3.41. The SMILES string of the molecule is COc1cc(OC)cc(C(=O)Nc2ccc3c(c2)OCC(C)(C)C(=O)N3CC(C)C)c1. The monoisotopic (exact) mass is 426 g/mol. The standard InChI is InChI=1S/C24H30N2O5/c1-15(2)13-26-20-8-7-17(11-21(20)31-14-24(3,4)23(26)28)25-22(27)16-9-18(29-5)12-19(10-16)30-6/h7-12,15H,13-14H2,1-6H3,(H,25,27). The summed E-state index contributed by atoms with van der Waals surface area (Å²) in [4.78, 5) is 27.7. The average molecular weight is 427 g/mol. The van der Waals surface area contributed by atoms with Crippen LogP contribution in [0, 0.1) is 11.3 Å². The minimum absolute atomic E-state index is 0.0280. The molecule has 0 saturated heterocycles. The van der Waals surface area contributed by atoms with E-state index < -0.39 is 5.41 Å². The normalized spacial score (nSPS) is 15.1. The Morgan fingerprint density at radius 1 is 1.13 bits per heavy atom. The van der Waals surface area contributed by atoms with Gasteiger partial charge in [0.2, 0.25) is 5.91 Å². The van der Waals surface area contributed by atoms with Crippen molar-refractivity contribution in [3.8, 4) is 17.2 Å². The molecule has 166 valence electrons. The van der Waals surface area contributed by atoms with Gasteiger partial charge in [-0.2, -0.15) is 0 Å². The first-order valence-corrected chi connectivity index (χ1v) is 10.3. The number of ether oxygens (including phenoxy) is 3. The molecule has 1 heterocycles. The Morgan fingerprint density at radius 2 is 1.77 bits per heavy atom. The molecule has 0 aliphatic carbocycles. The van der Waals surface area contributed by atoms with E-state index >= 15 is 0 Å². The van der Waals surface area contributed by atoms with E-state index in [1.54, 1.807) is 35.2 Å². The van der Waals surface area contributed by atoms with Gasteiger partial charge in [-0.1, -0.05) is 13.8 Å². The molecule has 31 heavy (non-hydrogen) atoms. The largest absolute Gasteiger partial charge is 0.497 e. The van der Waals surface area contributed by atoms with Crippen molar-refractivity contribution < 1.29 is 23.8 Å². The van der Waals surface area contributed by atoms with Gasteiger partial charge >= 0.3 is 0 Å². The van der Waals surface area contributed by atoms with Crippen molar-refractivity contribution in [2.45, 2.75) is 27.7 Å². The van der Waals surface area contributed by atoms with Gasteiger partial charge < -0.3 is 24.4 Å². The molecule has 0 radical (unpaired) electrons. The number of carbonyl (C=O) groups excluding carboxylic acids is 2. The lowest BCUT2D eigenvalue weighted by atomic mass is 9.92. The van der Waals surface area contributed by atoms with Gasteiger partial charge in [0, 0.05) is 29.9 Å². The summed E-state index contributed by atoms with van der Waals surface area (Å²) in [6.07, 6.45) is 0. The molecule has 1 aliphatic rings. The maximum atomic E-state index is 13.1. The molecule has 0 spiro atoms. The summed E-state index contributed by atoms with van der Waals surface area (Å²) < 4.78 is 16.5. The number of hydrogen-bond donors (Lipinski definition) is 1. The van der Waals surface area contributed by atoms with Crippen LogP contribution in [0.1, 0.15) is 38.1 Å². The first-order chi connectivity index (χ1) is 14.6. The molecular formula is C24H30N2O5. The van der Waals surface area contributed by atoms with Crippen molar-refractivity contribution in [2.24, 2.45) is 11.3 Å². The van der Waals surface area contributed by atoms with Crippen LogP contribution in [-0.2, 0) is 4.79 Å². The highest BCUT2D eigenvalue weighted by Crippen LogP contribution is 2.38. The molecule has 0 saturated carbocycles. The van der Waals surface area contributed by atoms with Crippen LogP contribution >= 0.6 is 0 Å². The van der Waals surface area contributed by atoms with Gasteiger partial charge in [-0.3, -0.25) is 9.59 Å². The Labute approximate surface area is 183 Å². The minimum Gasteiger partial charge on any atom is -0.497 e. The summed E-state index contributed by atoms with van der Waals surface area (Å²) in [5.41, 5.74) is 1.05. The lowest BCUT2D eigenvalue weighted by Gasteiger charge is -2.29. The van der Waals surface area contributed by atoms with Crippen molar-refractivity contribution in [3.63, 3.8) is 0 Å². The zero-order valence-corrected chi connectivity index (χ0v) is 18.9. The predicted octanol–water partition coefficient (Wildman–Crippen LogP) is 4.36. The number of anilines is 2. The molecule has 0 aromatic heterocycles. The molecule has 1 N–H and O–H groups in total. The number of methoxy groups -OCH3 is 2. The molecule has 0 atom stereocenters. The van der Waals surface area contributed by atoms with Crippen molar-refractivity contribution >= 4 is 23.2 Å². The first-order valence-electron chi connectivity index (χ1n) is 10.3. The van der Waals surface area contributed by atoms with Gasteiger partial charge in [-0.05, 0) is 44.0 Å². The molecule has 0 unspecified atom stereocenters. The summed E-state index contributed by atoms with van der Waals surface area (Å²) in [7, 11) is 3.07. The van der Waals surface area contributed by atoms with Crippen LogP contribution in [0.5, 0.6) is 17.2 Å². The number of carbonyl (C=O) groups is 2. The lowest BCUT2D eigenvalue weighted by Crippen LogP contribution is -2.43. The fraction of sp³-hybridized carbons (Fsp3) is 0.417. The predicted molar refractivity (Wildman–Crippen MR) is 120 cm³/mol. The van der Waals surface area contributed by atoms with Crippen molar-refractivity contribution in [1.82, 2.24) is 0 Å².